The summed E-state index contributed by atoms with van der Waals surface area (Å²) < 4.78 is 0. The molecule has 4 atom stereocenters. The third kappa shape index (κ3) is 2.09. The molecule has 2 aliphatic rings. The van der Waals surface area contributed by atoms with Gasteiger partial charge in [-0.25, -0.2) is 0 Å². The van der Waals surface area contributed by atoms with E-state index < -0.39 is 0 Å². The van der Waals surface area contributed by atoms with Gasteiger partial charge in [-0.1, -0.05) is 39.8 Å². The van der Waals surface area contributed by atoms with Crippen molar-refractivity contribution in [2.45, 2.75) is 47.0 Å². The largest absolute Gasteiger partial charge is 0.299 e. The summed E-state index contributed by atoms with van der Waals surface area (Å²) in [6.45, 7) is 9.01. The molecule has 0 radical (unpaired) electrons. The highest BCUT2D eigenvalue weighted by Gasteiger charge is 2.42. The molecule has 1 saturated carbocycles. The van der Waals surface area contributed by atoms with Crippen molar-refractivity contribution in [2.24, 2.45) is 29.1 Å². The first-order valence-electron chi connectivity index (χ1n) is 6.59. The maximum atomic E-state index is 12.3. The topological polar surface area (TPSA) is 17.1 Å². The summed E-state index contributed by atoms with van der Waals surface area (Å²) in [5.74, 6) is 2.51. The Labute approximate surface area is 99.3 Å². The lowest BCUT2D eigenvalue weighted by atomic mass is 9.60. The summed E-state index contributed by atoms with van der Waals surface area (Å²) in [5.41, 5.74) is 0.283. The summed E-state index contributed by atoms with van der Waals surface area (Å²) in [6, 6.07) is 0. The molecular formula is C15H24O. The normalized spacial score (nSPS) is 39.6. The number of ketones is 1. The van der Waals surface area contributed by atoms with Gasteiger partial charge >= 0.3 is 0 Å². The van der Waals surface area contributed by atoms with Crippen LogP contribution in [0.25, 0.3) is 0 Å². The molecule has 1 fully saturated rings. The molecule has 1 nitrogen and oxygen atoms in total. The maximum Gasteiger partial charge on any atom is 0.137 e. The van der Waals surface area contributed by atoms with Crippen molar-refractivity contribution in [3.8, 4) is 0 Å². The molecule has 0 amide bonds. The number of carbonyl (C=O) groups excluding carboxylic acids is 1. The van der Waals surface area contributed by atoms with Gasteiger partial charge in [-0.15, -0.1) is 0 Å². The predicted octanol–water partition coefficient (Wildman–Crippen LogP) is 3.84. The van der Waals surface area contributed by atoms with E-state index in [-0.39, 0.29) is 5.41 Å². The maximum absolute atomic E-state index is 12.3. The Morgan fingerprint density at radius 2 is 2.00 bits per heavy atom. The highest BCUT2D eigenvalue weighted by molar-refractivity contribution is 5.83. The first-order chi connectivity index (χ1) is 7.39. The summed E-state index contributed by atoms with van der Waals surface area (Å²) in [6.07, 6.45) is 7.69. The molecule has 0 heterocycles. The first-order valence-corrected chi connectivity index (χ1v) is 6.59. The smallest absolute Gasteiger partial charge is 0.137 e. The zero-order valence-corrected chi connectivity index (χ0v) is 11.0. The van der Waals surface area contributed by atoms with Crippen molar-refractivity contribution >= 4 is 5.78 Å². The van der Waals surface area contributed by atoms with E-state index in [1.807, 2.05) is 0 Å². The summed E-state index contributed by atoms with van der Waals surface area (Å²) >= 11 is 0. The Hall–Kier alpha value is -0.590. The molecule has 0 unspecified atom stereocenters. The van der Waals surface area contributed by atoms with Crippen LogP contribution in [0.2, 0.25) is 0 Å². The fourth-order valence-electron chi connectivity index (χ4n) is 3.45. The second kappa shape index (κ2) is 4.01. The number of carbonyl (C=O) groups is 1. The van der Waals surface area contributed by atoms with E-state index in [4.69, 9.17) is 0 Å². The molecule has 1 heteroatoms. The Balaban J connectivity index is 2.17. The highest BCUT2D eigenvalue weighted by atomic mass is 16.1. The monoisotopic (exact) mass is 220 g/mol. The van der Waals surface area contributed by atoms with Crippen molar-refractivity contribution in [3.05, 3.63) is 12.2 Å². The molecule has 2 aliphatic carbocycles. The second-order valence-corrected chi connectivity index (χ2v) is 6.78. The zero-order chi connectivity index (χ0) is 11.9. The molecule has 0 aromatic heterocycles. The molecule has 16 heavy (non-hydrogen) atoms. The summed E-state index contributed by atoms with van der Waals surface area (Å²) in [5, 5.41) is 0. The number of fused-ring (bicyclic) bond motifs is 1. The third-order valence-electron chi connectivity index (χ3n) is 4.58. The van der Waals surface area contributed by atoms with Gasteiger partial charge in [-0.05, 0) is 36.0 Å². The fraction of sp³-hybridized carbons (Fsp3) is 0.800. The van der Waals surface area contributed by atoms with Crippen molar-refractivity contribution in [1.29, 1.82) is 0 Å². The molecule has 0 bridgehead atoms. The Bertz CT molecular complexity index is 308. The van der Waals surface area contributed by atoms with Crippen LogP contribution in [0.5, 0.6) is 0 Å². The lowest BCUT2D eigenvalue weighted by molar-refractivity contribution is -0.132. The molecule has 0 aromatic rings. The van der Waals surface area contributed by atoms with Gasteiger partial charge < -0.3 is 0 Å². The van der Waals surface area contributed by atoms with Crippen molar-refractivity contribution in [3.63, 3.8) is 0 Å². The molecule has 0 aliphatic heterocycles. The average Bonchev–Trinajstić information content (AvgIpc) is 2.15. The standard InChI is InChI=1S/C15H24O/c1-10-6-5-7-11-8-12(15(2,3)4)9-13(16)14(10)11/h5-6,10-12,14H,7-9H2,1-4H3/t10-,11-,12-,14+/m1/s1. The lowest BCUT2D eigenvalue weighted by Gasteiger charge is -2.43. The van der Waals surface area contributed by atoms with Crippen LogP contribution in [-0.4, -0.2) is 5.78 Å². The number of hydrogen-bond acceptors (Lipinski definition) is 1. The number of allylic oxidation sites excluding steroid dienone is 2. The molecule has 90 valence electrons. The van der Waals surface area contributed by atoms with Crippen LogP contribution in [0.3, 0.4) is 0 Å². The number of hydrogen-bond donors (Lipinski definition) is 0. The van der Waals surface area contributed by atoms with Gasteiger partial charge in [-0.2, -0.15) is 0 Å². The van der Waals surface area contributed by atoms with Gasteiger partial charge in [0.1, 0.15) is 5.78 Å². The molecule has 0 N–H and O–H groups in total. The Morgan fingerprint density at radius 3 is 2.62 bits per heavy atom. The molecule has 2 rings (SSSR count). The minimum Gasteiger partial charge on any atom is -0.299 e. The van der Waals surface area contributed by atoms with Crippen LogP contribution in [0, 0.1) is 29.1 Å². The Kier molecular flexibility index (Phi) is 2.98. The predicted molar refractivity (Wildman–Crippen MR) is 67.1 cm³/mol. The van der Waals surface area contributed by atoms with Crippen LogP contribution in [0.1, 0.15) is 47.0 Å². The quantitative estimate of drug-likeness (QED) is 0.567. The van der Waals surface area contributed by atoms with Gasteiger partial charge in [-0.3, -0.25) is 4.79 Å². The van der Waals surface area contributed by atoms with E-state index in [9.17, 15) is 4.79 Å². The van der Waals surface area contributed by atoms with Gasteiger partial charge in [0.25, 0.3) is 0 Å². The molecule has 0 aromatic carbocycles. The van der Waals surface area contributed by atoms with Crippen LogP contribution < -0.4 is 0 Å². The molecule has 0 spiro atoms. The van der Waals surface area contributed by atoms with Gasteiger partial charge in [0.2, 0.25) is 0 Å². The highest BCUT2D eigenvalue weighted by Crippen LogP contribution is 2.46. The van der Waals surface area contributed by atoms with E-state index in [1.54, 1.807) is 0 Å². The minimum absolute atomic E-state index is 0.283. The van der Waals surface area contributed by atoms with Crippen molar-refractivity contribution < 1.29 is 4.79 Å². The lowest BCUT2D eigenvalue weighted by Crippen LogP contribution is -2.41. The van der Waals surface area contributed by atoms with Crippen molar-refractivity contribution in [2.75, 3.05) is 0 Å². The second-order valence-electron chi connectivity index (χ2n) is 6.78. The minimum atomic E-state index is 0.283. The first kappa shape index (κ1) is 11.9. The van der Waals surface area contributed by atoms with Gasteiger partial charge in [0.15, 0.2) is 0 Å². The van der Waals surface area contributed by atoms with E-state index in [2.05, 4.69) is 39.8 Å². The van der Waals surface area contributed by atoms with E-state index in [0.717, 1.165) is 12.8 Å². The fourth-order valence-corrected chi connectivity index (χ4v) is 3.45. The van der Waals surface area contributed by atoms with Crippen LogP contribution in [-0.2, 0) is 4.79 Å². The Morgan fingerprint density at radius 1 is 1.31 bits per heavy atom. The number of rotatable bonds is 0. The third-order valence-corrected chi connectivity index (χ3v) is 4.58. The SMILES string of the molecule is C[C@@H]1C=CC[C@@H]2C[C@@H](C(C)(C)C)CC(=O)[C@H]21. The summed E-state index contributed by atoms with van der Waals surface area (Å²) in [7, 11) is 0. The number of Topliss-reactive ketones (excluding diaryl/α,β-unsaturated/α-hetero) is 1. The van der Waals surface area contributed by atoms with Gasteiger partial charge in [0.05, 0.1) is 0 Å². The van der Waals surface area contributed by atoms with Crippen LogP contribution in [0.15, 0.2) is 12.2 Å². The van der Waals surface area contributed by atoms with Crippen LogP contribution in [0.4, 0.5) is 0 Å². The molecule has 0 saturated heterocycles. The van der Waals surface area contributed by atoms with Crippen LogP contribution >= 0.6 is 0 Å². The van der Waals surface area contributed by atoms with E-state index >= 15 is 0 Å². The zero-order valence-electron chi connectivity index (χ0n) is 11.0. The van der Waals surface area contributed by atoms with Crippen molar-refractivity contribution in [1.82, 2.24) is 0 Å². The van der Waals surface area contributed by atoms with E-state index in [1.165, 1.54) is 6.42 Å². The van der Waals surface area contributed by atoms with Gasteiger partial charge in [0, 0.05) is 12.3 Å². The average molecular weight is 220 g/mol. The van der Waals surface area contributed by atoms with E-state index in [0.29, 0.717) is 29.5 Å². The summed E-state index contributed by atoms with van der Waals surface area (Å²) in [4.78, 5) is 12.3. The molecular weight excluding hydrogens is 196 g/mol.